The second kappa shape index (κ2) is 6.34. The summed E-state index contributed by atoms with van der Waals surface area (Å²) in [6.45, 7) is 5.26. The summed E-state index contributed by atoms with van der Waals surface area (Å²) in [5.74, 6) is 0.641. The maximum absolute atomic E-state index is 5.17. The lowest BCUT2D eigenvalue weighted by Crippen LogP contribution is -2.17. The number of rotatable bonds is 5. The third-order valence-corrected chi connectivity index (χ3v) is 3.17. The van der Waals surface area contributed by atoms with Crippen LogP contribution in [0.5, 0.6) is 5.88 Å². The Morgan fingerprint density at radius 2 is 2.00 bits per heavy atom. The molecule has 1 aromatic carbocycles. The fourth-order valence-electron chi connectivity index (χ4n) is 2.11. The molecule has 2 aromatic rings. The van der Waals surface area contributed by atoms with Gasteiger partial charge in [-0.2, -0.15) is 0 Å². The van der Waals surface area contributed by atoms with Crippen LogP contribution in [0.25, 0.3) is 11.1 Å². The highest BCUT2D eigenvalue weighted by Gasteiger charge is 2.06. The first-order valence-electron chi connectivity index (χ1n) is 6.58. The van der Waals surface area contributed by atoms with E-state index < -0.39 is 0 Å². The summed E-state index contributed by atoms with van der Waals surface area (Å²) >= 11 is 0. The van der Waals surface area contributed by atoms with E-state index in [9.17, 15) is 0 Å². The molecule has 1 unspecified atom stereocenters. The van der Waals surface area contributed by atoms with Crippen molar-refractivity contribution >= 4 is 0 Å². The molecule has 0 saturated carbocycles. The lowest BCUT2D eigenvalue weighted by atomic mass is 10.0. The largest absolute Gasteiger partial charge is 0.481 e. The van der Waals surface area contributed by atoms with Gasteiger partial charge in [-0.25, -0.2) is 4.98 Å². The van der Waals surface area contributed by atoms with Crippen molar-refractivity contribution in [3.05, 3.63) is 48.2 Å². The summed E-state index contributed by atoms with van der Waals surface area (Å²) in [4.78, 5) is 4.14. The van der Waals surface area contributed by atoms with Gasteiger partial charge in [0.15, 0.2) is 0 Å². The Labute approximate surface area is 114 Å². The van der Waals surface area contributed by atoms with Crippen LogP contribution in [-0.2, 0) is 0 Å². The van der Waals surface area contributed by atoms with E-state index in [1.807, 2.05) is 12.1 Å². The number of nitrogens with zero attached hydrogens (tertiary/aromatic N) is 1. The minimum atomic E-state index is 0.355. The molecule has 0 aliphatic rings. The van der Waals surface area contributed by atoms with E-state index in [2.05, 4.69) is 48.4 Å². The van der Waals surface area contributed by atoms with Gasteiger partial charge in [0.2, 0.25) is 5.88 Å². The fourth-order valence-corrected chi connectivity index (χ4v) is 2.11. The number of aromatic nitrogens is 1. The number of pyridine rings is 1. The van der Waals surface area contributed by atoms with E-state index in [4.69, 9.17) is 4.74 Å². The van der Waals surface area contributed by atoms with E-state index in [-0.39, 0.29) is 0 Å². The molecule has 3 nitrogen and oxygen atoms in total. The minimum Gasteiger partial charge on any atom is -0.481 e. The Morgan fingerprint density at radius 1 is 1.21 bits per heavy atom. The van der Waals surface area contributed by atoms with Crippen LogP contribution >= 0.6 is 0 Å². The zero-order chi connectivity index (χ0) is 13.7. The van der Waals surface area contributed by atoms with Crippen LogP contribution in [0, 0.1) is 0 Å². The average molecular weight is 256 g/mol. The van der Waals surface area contributed by atoms with Crippen LogP contribution in [-0.4, -0.2) is 18.6 Å². The fraction of sp³-hybridized carbons (Fsp3) is 0.312. The molecule has 1 N–H and O–H groups in total. The number of ether oxygens (including phenoxy) is 1. The summed E-state index contributed by atoms with van der Waals surface area (Å²) < 4.78 is 5.17. The highest BCUT2D eigenvalue weighted by molar-refractivity contribution is 5.65. The summed E-state index contributed by atoms with van der Waals surface area (Å²) in [7, 11) is 1.63. The molecule has 0 aliphatic carbocycles. The zero-order valence-electron chi connectivity index (χ0n) is 11.7. The average Bonchev–Trinajstić information content (AvgIpc) is 2.48. The standard InChI is InChI=1S/C16H20N2O/c1-4-17-12(2)13-6-5-7-14(10-13)15-8-9-18-16(11-15)19-3/h5-12,17H,4H2,1-3H3. The highest BCUT2D eigenvalue weighted by atomic mass is 16.5. The molecular formula is C16H20N2O. The van der Waals surface area contributed by atoms with Crippen LogP contribution in [0.4, 0.5) is 0 Å². The van der Waals surface area contributed by atoms with Crippen LogP contribution < -0.4 is 10.1 Å². The van der Waals surface area contributed by atoms with Crippen LogP contribution in [0.15, 0.2) is 42.6 Å². The maximum atomic E-state index is 5.17. The van der Waals surface area contributed by atoms with Crippen LogP contribution in [0.1, 0.15) is 25.5 Å². The number of nitrogens with one attached hydrogen (secondary N) is 1. The predicted octanol–water partition coefficient (Wildman–Crippen LogP) is 3.43. The Morgan fingerprint density at radius 3 is 2.74 bits per heavy atom. The molecule has 0 saturated heterocycles. The van der Waals surface area contributed by atoms with Gasteiger partial charge in [-0.05, 0) is 42.3 Å². The first-order valence-corrected chi connectivity index (χ1v) is 6.58. The summed E-state index contributed by atoms with van der Waals surface area (Å²) in [6, 6.07) is 12.9. The van der Waals surface area contributed by atoms with Crippen molar-refractivity contribution in [3.63, 3.8) is 0 Å². The number of hydrogen-bond donors (Lipinski definition) is 1. The van der Waals surface area contributed by atoms with Crippen molar-refractivity contribution in [2.45, 2.75) is 19.9 Å². The van der Waals surface area contributed by atoms with Crippen LogP contribution in [0.2, 0.25) is 0 Å². The maximum Gasteiger partial charge on any atom is 0.213 e. The Bertz CT molecular complexity index is 540. The minimum absolute atomic E-state index is 0.355. The van der Waals surface area contributed by atoms with E-state index >= 15 is 0 Å². The second-order valence-electron chi connectivity index (χ2n) is 4.49. The second-order valence-corrected chi connectivity index (χ2v) is 4.49. The van der Waals surface area contributed by atoms with Crippen molar-refractivity contribution in [3.8, 4) is 17.0 Å². The normalized spacial score (nSPS) is 12.2. The Hall–Kier alpha value is -1.87. The van der Waals surface area contributed by atoms with E-state index in [0.717, 1.165) is 12.1 Å². The molecule has 1 atom stereocenters. The molecule has 1 aromatic heterocycles. The van der Waals surface area contributed by atoms with Gasteiger partial charge in [0, 0.05) is 18.3 Å². The summed E-state index contributed by atoms with van der Waals surface area (Å²) in [6.07, 6.45) is 1.77. The van der Waals surface area contributed by atoms with Gasteiger partial charge in [-0.3, -0.25) is 0 Å². The molecule has 0 spiro atoms. The lowest BCUT2D eigenvalue weighted by molar-refractivity contribution is 0.398. The van der Waals surface area contributed by atoms with Crippen molar-refractivity contribution in [1.82, 2.24) is 10.3 Å². The third-order valence-electron chi connectivity index (χ3n) is 3.17. The quantitative estimate of drug-likeness (QED) is 0.890. The zero-order valence-corrected chi connectivity index (χ0v) is 11.7. The van der Waals surface area contributed by atoms with Gasteiger partial charge in [-0.15, -0.1) is 0 Å². The van der Waals surface area contributed by atoms with Gasteiger partial charge in [-0.1, -0.05) is 25.1 Å². The van der Waals surface area contributed by atoms with E-state index in [1.54, 1.807) is 13.3 Å². The van der Waals surface area contributed by atoms with Gasteiger partial charge in [0.1, 0.15) is 0 Å². The first kappa shape index (κ1) is 13.6. The summed E-state index contributed by atoms with van der Waals surface area (Å²) in [5.41, 5.74) is 3.59. The third kappa shape index (κ3) is 3.32. The van der Waals surface area contributed by atoms with Crippen LogP contribution in [0.3, 0.4) is 0 Å². The van der Waals surface area contributed by atoms with Crippen molar-refractivity contribution < 1.29 is 4.74 Å². The number of methoxy groups -OCH3 is 1. The molecule has 0 bridgehead atoms. The number of hydrogen-bond acceptors (Lipinski definition) is 3. The van der Waals surface area contributed by atoms with Gasteiger partial charge in [0.25, 0.3) is 0 Å². The molecule has 19 heavy (non-hydrogen) atoms. The summed E-state index contributed by atoms with van der Waals surface area (Å²) in [5, 5.41) is 3.43. The SMILES string of the molecule is CCNC(C)c1cccc(-c2ccnc(OC)c2)c1. The predicted molar refractivity (Wildman–Crippen MR) is 78.3 cm³/mol. The Balaban J connectivity index is 2.31. The van der Waals surface area contributed by atoms with Gasteiger partial charge < -0.3 is 10.1 Å². The highest BCUT2D eigenvalue weighted by Crippen LogP contribution is 2.25. The van der Waals surface area contributed by atoms with E-state index in [1.165, 1.54) is 11.1 Å². The van der Waals surface area contributed by atoms with Crippen molar-refractivity contribution in [1.29, 1.82) is 0 Å². The molecule has 3 heteroatoms. The molecule has 0 aliphatic heterocycles. The van der Waals surface area contributed by atoms with Crippen molar-refractivity contribution in [2.24, 2.45) is 0 Å². The van der Waals surface area contributed by atoms with E-state index in [0.29, 0.717) is 11.9 Å². The monoisotopic (exact) mass is 256 g/mol. The molecule has 2 rings (SSSR count). The van der Waals surface area contributed by atoms with Gasteiger partial charge >= 0.3 is 0 Å². The molecule has 0 fully saturated rings. The smallest absolute Gasteiger partial charge is 0.213 e. The Kier molecular flexibility index (Phi) is 4.53. The molecule has 0 radical (unpaired) electrons. The molecular weight excluding hydrogens is 236 g/mol. The molecule has 100 valence electrons. The molecule has 0 amide bonds. The van der Waals surface area contributed by atoms with Crippen molar-refractivity contribution in [2.75, 3.05) is 13.7 Å². The topological polar surface area (TPSA) is 34.2 Å². The number of benzene rings is 1. The lowest BCUT2D eigenvalue weighted by Gasteiger charge is -2.14. The van der Waals surface area contributed by atoms with Gasteiger partial charge in [0.05, 0.1) is 7.11 Å². The molecule has 1 heterocycles. The first-order chi connectivity index (χ1) is 9.24.